The molecule has 1 fully saturated rings. The van der Waals surface area contributed by atoms with E-state index in [0.29, 0.717) is 34.7 Å². The average molecular weight is 453 g/mol. The number of carbonyl (C=O) groups is 1. The van der Waals surface area contributed by atoms with E-state index in [-0.39, 0.29) is 11.9 Å². The lowest BCUT2D eigenvalue weighted by molar-refractivity contribution is 0.0556. The van der Waals surface area contributed by atoms with E-state index in [1.807, 2.05) is 59.5 Å². The Morgan fingerprint density at radius 2 is 1.77 bits per heavy atom. The van der Waals surface area contributed by atoms with E-state index in [1.165, 1.54) is 11.3 Å². The van der Waals surface area contributed by atoms with E-state index in [2.05, 4.69) is 22.0 Å². The second kappa shape index (κ2) is 8.42. The van der Waals surface area contributed by atoms with Crippen LogP contribution in [0.5, 0.6) is 0 Å². The minimum Gasteiger partial charge on any atom is -0.337 e. The molecule has 0 N–H and O–H groups in total. The van der Waals surface area contributed by atoms with E-state index in [9.17, 15) is 4.79 Å². The number of hydrogen-bond acceptors (Lipinski definition) is 6. The van der Waals surface area contributed by atoms with Crippen molar-refractivity contribution in [3.05, 3.63) is 70.4 Å². The van der Waals surface area contributed by atoms with Gasteiger partial charge in [0.1, 0.15) is 4.88 Å². The van der Waals surface area contributed by atoms with Crippen LogP contribution in [-0.4, -0.2) is 52.0 Å². The van der Waals surface area contributed by atoms with E-state index in [1.54, 1.807) is 0 Å². The summed E-state index contributed by atoms with van der Waals surface area (Å²) in [5.41, 5.74) is 0.931. The number of nitrogens with zero attached hydrogens (tertiary/aromatic N) is 4. The second-order valence-electron chi connectivity index (χ2n) is 7.57. The summed E-state index contributed by atoms with van der Waals surface area (Å²) in [6, 6.07) is 17.6. The van der Waals surface area contributed by atoms with Crippen LogP contribution >= 0.6 is 22.9 Å². The SMILES string of the molecule is CC(c1nc(-c2ccccc2)no1)N1CCN(C(=O)c2sc3ccccc3c2Cl)CC1. The van der Waals surface area contributed by atoms with Gasteiger partial charge in [-0.1, -0.05) is 65.3 Å². The van der Waals surface area contributed by atoms with Gasteiger partial charge in [0.2, 0.25) is 11.7 Å². The average Bonchev–Trinajstić information content (AvgIpc) is 3.44. The van der Waals surface area contributed by atoms with E-state index >= 15 is 0 Å². The number of aromatic nitrogens is 2. The Balaban J connectivity index is 1.25. The van der Waals surface area contributed by atoms with Gasteiger partial charge in [0.15, 0.2) is 0 Å². The third-order valence-electron chi connectivity index (χ3n) is 5.71. The molecule has 2 aromatic heterocycles. The summed E-state index contributed by atoms with van der Waals surface area (Å²) < 4.78 is 6.56. The van der Waals surface area contributed by atoms with Gasteiger partial charge in [-0.05, 0) is 13.0 Å². The smallest absolute Gasteiger partial charge is 0.265 e. The predicted octanol–water partition coefficient (Wildman–Crippen LogP) is 5.12. The van der Waals surface area contributed by atoms with Crippen LogP contribution < -0.4 is 0 Å². The van der Waals surface area contributed by atoms with Crippen LogP contribution in [0.3, 0.4) is 0 Å². The van der Waals surface area contributed by atoms with Crippen LogP contribution in [0.4, 0.5) is 0 Å². The van der Waals surface area contributed by atoms with Gasteiger partial charge in [-0.3, -0.25) is 9.69 Å². The minimum absolute atomic E-state index is 0.00246. The molecule has 0 bridgehead atoms. The number of carbonyl (C=O) groups excluding carboxylic acids is 1. The summed E-state index contributed by atoms with van der Waals surface area (Å²) in [6.45, 7) is 4.79. The maximum absolute atomic E-state index is 13.1. The zero-order chi connectivity index (χ0) is 21.4. The van der Waals surface area contributed by atoms with Crippen molar-refractivity contribution < 1.29 is 9.32 Å². The topological polar surface area (TPSA) is 62.5 Å². The van der Waals surface area contributed by atoms with Crippen LogP contribution in [0.25, 0.3) is 21.5 Å². The molecular weight excluding hydrogens is 432 g/mol. The summed E-state index contributed by atoms with van der Waals surface area (Å²) in [5.74, 6) is 1.18. The molecule has 0 radical (unpaired) electrons. The van der Waals surface area contributed by atoms with Crippen molar-refractivity contribution in [3.63, 3.8) is 0 Å². The highest BCUT2D eigenvalue weighted by Crippen LogP contribution is 2.36. The van der Waals surface area contributed by atoms with Gasteiger partial charge >= 0.3 is 0 Å². The lowest BCUT2D eigenvalue weighted by Crippen LogP contribution is -2.49. The predicted molar refractivity (Wildman–Crippen MR) is 122 cm³/mol. The fraction of sp³-hybridized carbons (Fsp3) is 0.261. The number of amides is 1. The van der Waals surface area contributed by atoms with Crippen LogP contribution in [0.15, 0.2) is 59.1 Å². The lowest BCUT2D eigenvalue weighted by Gasteiger charge is -2.36. The van der Waals surface area contributed by atoms with Crippen molar-refractivity contribution in [3.8, 4) is 11.4 Å². The Bertz CT molecular complexity index is 1210. The molecule has 5 rings (SSSR count). The lowest BCUT2D eigenvalue weighted by atomic mass is 10.2. The highest BCUT2D eigenvalue weighted by molar-refractivity contribution is 7.21. The van der Waals surface area contributed by atoms with E-state index in [4.69, 9.17) is 16.1 Å². The minimum atomic E-state index is -0.0184. The second-order valence-corrected chi connectivity index (χ2v) is 9.00. The Kier molecular flexibility index (Phi) is 5.48. The molecule has 3 heterocycles. The van der Waals surface area contributed by atoms with Crippen molar-refractivity contribution in [1.82, 2.24) is 19.9 Å². The van der Waals surface area contributed by atoms with Gasteiger partial charge < -0.3 is 9.42 Å². The first-order valence-corrected chi connectivity index (χ1v) is 11.4. The molecule has 1 amide bonds. The number of fused-ring (bicyclic) bond motifs is 1. The van der Waals surface area contributed by atoms with Crippen molar-refractivity contribution in [2.24, 2.45) is 0 Å². The highest BCUT2D eigenvalue weighted by Gasteiger charge is 2.30. The molecule has 158 valence electrons. The first-order chi connectivity index (χ1) is 15.1. The van der Waals surface area contributed by atoms with Crippen LogP contribution in [0.2, 0.25) is 5.02 Å². The third-order valence-corrected chi connectivity index (χ3v) is 7.37. The zero-order valence-electron chi connectivity index (χ0n) is 17.0. The Labute approximate surface area is 189 Å². The zero-order valence-corrected chi connectivity index (χ0v) is 18.6. The van der Waals surface area contributed by atoms with Gasteiger partial charge in [0, 0.05) is 41.8 Å². The molecule has 1 aliphatic rings. The number of halogens is 1. The molecule has 0 saturated carbocycles. The molecule has 1 aliphatic heterocycles. The third kappa shape index (κ3) is 3.84. The summed E-state index contributed by atoms with van der Waals surface area (Å²) in [4.78, 5) is 22.4. The Hall–Kier alpha value is -2.74. The fourth-order valence-corrected chi connectivity index (χ4v) is 5.35. The number of benzene rings is 2. The summed E-state index contributed by atoms with van der Waals surface area (Å²) in [6.07, 6.45) is 0. The molecule has 1 atom stereocenters. The molecule has 6 nitrogen and oxygen atoms in total. The summed E-state index contributed by atoms with van der Waals surface area (Å²) in [7, 11) is 0. The highest BCUT2D eigenvalue weighted by atomic mass is 35.5. The molecule has 0 spiro atoms. The number of hydrogen-bond donors (Lipinski definition) is 0. The van der Waals surface area contributed by atoms with Crippen molar-refractivity contribution in [2.75, 3.05) is 26.2 Å². The van der Waals surface area contributed by atoms with Gasteiger partial charge in [0.25, 0.3) is 5.91 Å². The normalized spacial score (nSPS) is 16.0. The maximum Gasteiger partial charge on any atom is 0.265 e. The Morgan fingerprint density at radius 1 is 1.06 bits per heavy atom. The fourth-order valence-electron chi connectivity index (χ4n) is 3.87. The van der Waals surface area contributed by atoms with Crippen molar-refractivity contribution >= 4 is 38.9 Å². The molecule has 8 heteroatoms. The van der Waals surface area contributed by atoms with Crippen molar-refractivity contribution in [2.45, 2.75) is 13.0 Å². The van der Waals surface area contributed by atoms with Gasteiger partial charge in [-0.2, -0.15) is 4.98 Å². The van der Waals surface area contributed by atoms with Crippen LogP contribution in [0, 0.1) is 0 Å². The van der Waals surface area contributed by atoms with Gasteiger partial charge in [-0.15, -0.1) is 11.3 Å². The number of thiophene rings is 1. The first-order valence-electron chi connectivity index (χ1n) is 10.2. The molecule has 4 aromatic rings. The summed E-state index contributed by atoms with van der Waals surface area (Å²) >= 11 is 7.97. The maximum atomic E-state index is 13.1. The quantitative estimate of drug-likeness (QED) is 0.430. The monoisotopic (exact) mass is 452 g/mol. The van der Waals surface area contributed by atoms with Gasteiger partial charge in [-0.25, -0.2) is 0 Å². The number of piperazine rings is 1. The van der Waals surface area contributed by atoms with E-state index < -0.39 is 0 Å². The molecule has 0 aliphatic carbocycles. The Morgan fingerprint density at radius 3 is 2.52 bits per heavy atom. The largest absolute Gasteiger partial charge is 0.337 e. The van der Waals surface area contributed by atoms with E-state index in [0.717, 1.165) is 28.7 Å². The van der Waals surface area contributed by atoms with Crippen LogP contribution in [0.1, 0.15) is 28.5 Å². The molecule has 1 unspecified atom stereocenters. The van der Waals surface area contributed by atoms with Crippen molar-refractivity contribution in [1.29, 1.82) is 0 Å². The van der Waals surface area contributed by atoms with Gasteiger partial charge in [0.05, 0.1) is 11.1 Å². The molecule has 2 aromatic carbocycles. The number of rotatable bonds is 4. The molecular formula is C23H21ClN4O2S. The molecule has 1 saturated heterocycles. The van der Waals surface area contributed by atoms with Crippen LogP contribution in [-0.2, 0) is 0 Å². The molecule has 31 heavy (non-hydrogen) atoms. The standard InChI is InChI=1S/C23H21ClN4O2S/c1-15(22-25-21(26-30-22)16-7-3-2-4-8-16)27-11-13-28(14-12-27)23(29)20-19(24)17-9-5-6-10-18(17)31-20/h2-10,15H,11-14H2,1H3. The first kappa shape index (κ1) is 20.2. The summed E-state index contributed by atoms with van der Waals surface area (Å²) in [5, 5.41) is 5.62.